The summed E-state index contributed by atoms with van der Waals surface area (Å²) >= 11 is 5.72. The summed E-state index contributed by atoms with van der Waals surface area (Å²) in [7, 11) is 0. The Morgan fingerprint density at radius 3 is 2.80 bits per heavy atom. The van der Waals surface area contributed by atoms with Crippen molar-refractivity contribution in [2.45, 2.75) is 12.5 Å². The number of ether oxygens (including phenoxy) is 1. The van der Waals surface area contributed by atoms with Gasteiger partial charge in [-0.1, -0.05) is 23.7 Å². The average Bonchev–Trinajstić information content (AvgIpc) is 2.41. The Labute approximate surface area is 118 Å². The van der Waals surface area contributed by atoms with Crippen LogP contribution in [-0.4, -0.2) is 5.78 Å². The van der Waals surface area contributed by atoms with Crippen LogP contribution in [0.25, 0.3) is 0 Å². The van der Waals surface area contributed by atoms with Gasteiger partial charge in [-0.3, -0.25) is 4.79 Å². The van der Waals surface area contributed by atoms with E-state index in [4.69, 9.17) is 16.3 Å². The smallest absolute Gasteiger partial charge is 0.170 e. The van der Waals surface area contributed by atoms with Crippen molar-refractivity contribution in [1.29, 1.82) is 0 Å². The van der Waals surface area contributed by atoms with E-state index in [1.807, 2.05) is 0 Å². The zero-order valence-corrected chi connectivity index (χ0v) is 11.0. The maximum absolute atomic E-state index is 14.0. The van der Waals surface area contributed by atoms with Gasteiger partial charge in [0.15, 0.2) is 5.78 Å². The third-order valence-corrected chi connectivity index (χ3v) is 3.50. The first-order chi connectivity index (χ1) is 9.56. The fourth-order valence-electron chi connectivity index (χ4n) is 2.24. The van der Waals surface area contributed by atoms with Crippen LogP contribution in [0.2, 0.25) is 5.02 Å². The number of benzene rings is 2. The molecular weight excluding hydrogens is 286 g/mol. The Morgan fingerprint density at radius 2 is 2.00 bits per heavy atom. The number of hydrogen-bond acceptors (Lipinski definition) is 2. The van der Waals surface area contributed by atoms with Crippen LogP contribution in [0.15, 0.2) is 36.4 Å². The molecule has 0 aliphatic carbocycles. The highest BCUT2D eigenvalue weighted by atomic mass is 35.5. The van der Waals surface area contributed by atoms with Crippen LogP contribution in [-0.2, 0) is 0 Å². The summed E-state index contributed by atoms with van der Waals surface area (Å²) in [5.74, 6) is -1.21. The van der Waals surface area contributed by atoms with E-state index < -0.39 is 17.7 Å². The minimum atomic E-state index is -0.796. The summed E-state index contributed by atoms with van der Waals surface area (Å²) in [5.41, 5.74) is 0.505. The van der Waals surface area contributed by atoms with Gasteiger partial charge < -0.3 is 4.74 Å². The van der Waals surface area contributed by atoms with Crippen LogP contribution in [0.5, 0.6) is 5.75 Å². The van der Waals surface area contributed by atoms with Crippen LogP contribution in [0.1, 0.15) is 28.4 Å². The van der Waals surface area contributed by atoms with Gasteiger partial charge in [0, 0.05) is 11.6 Å². The fourth-order valence-corrected chi connectivity index (χ4v) is 2.42. The molecule has 0 spiro atoms. The highest BCUT2D eigenvalue weighted by Crippen LogP contribution is 2.37. The van der Waals surface area contributed by atoms with Crippen molar-refractivity contribution in [1.82, 2.24) is 0 Å². The lowest BCUT2D eigenvalue weighted by molar-refractivity contribution is 0.0845. The first-order valence-electron chi connectivity index (χ1n) is 5.99. The van der Waals surface area contributed by atoms with Gasteiger partial charge in [0.2, 0.25) is 0 Å². The van der Waals surface area contributed by atoms with E-state index in [1.54, 1.807) is 6.07 Å². The van der Waals surface area contributed by atoms with Gasteiger partial charge in [0.25, 0.3) is 0 Å². The Morgan fingerprint density at radius 1 is 1.20 bits per heavy atom. The minimum absolute atomic E-state index is 0.00407. The van der Waals surface area contributed by atoms with Crippen molar-refractivity contribution >= 4 is 17.4 Å². The van der Waals surface area contributed by atoms with Crippen molar-refractivity contribution in [3.8, 4) is 5.75 Å². The molecule has 1 aliphatic heterocycles. The predicted molar refractivity (Wildman–Crippen MR) is 70.1 cm³/mol. The molecule has 0 aromatic heterocycles. The van der Waals surface area contributed by atoms with Gasteiger partial charge in [-0.05, 0) is 18.2 Å². The number of halogens is 3. The zero-order valence-electron chi connectivity index (χ0n) is 10.2. The molecule has 1 atom stereocenters. The minimum Gasteiger partial charge on any atom is -0.484 e. The summed E-state index contributed by atoms with van der Waals surface area (Å²) < 4.78 is 32.7. The predicted octanol–water partition coefficient (Wildman–Crippen LogP) is 4.32. The third-order valence-electron chi connectivity index (χ3n) is 3.21. The summed E-state index contributed by atoms with van der Waals surface area (Å²) in [6, 6.07) is 8.19. The summed E-state index contributed by atoms with van der Waals surface area (Å²) in [4.78, 5) is 12.0. The molecule has 0 fully saturated rings. The first kappa shape index (κ1) is 13.1. The normalized spacial score (nSPS) is 17.6. The average molecular weight is 295 g/mol. The van der Waals surface area contributed by atoms with E-state index in [1.165, 1.54) is 24.3 Å². The van der Waals surface area contributed by atoms with E-state index in [-0.39, 0.29) is 28.5 Å². The Hall–Kier alpha value is -1.94. The second-order valence-electron chi connectivity index (χ2n) is 4.52. The molecule has 5 heteroatoms. The molecule has 2 aromatic carbocycles. The highest BCUT2D eigenvalue weighted by molar-refractivity contribution is 6.30. The molecule has 0 saturated carbocycles. The molecule has 1 unspecified atom stereocenters. The van der Waals surface area contributed by atoms with Crippen LogP contribution in [0.4, 0.5) is 8.78 Å². The first-order valence-corrected chi connectivity index (χ1v) is 6.37. The quantitative estimate of drug-likeness (QED) is 0.783. The van der Waals surface area contributed by atoms with Gasteiger partial charge in [-0.25, -0.2) is 8.78 Å². The summed E-state index contributed by atoms with van der Waals surface area (Å²) in [6.45, 7) is 0. The van der Waals surface area contributed by atoms with Gasteiger partial charge in [-0.2, -0.15) is 0 Å². The SMILES string of the molecule is O=C1CC(c2cccc(Cl)c2F)Oc2cc(F)ccc21. The molecule has 1 aliphatic rings. The van der Waals surface area contributed by atoms with Gasteiger partial charge in [0.1, 0.15) is 23.5 Å². The second kappa shape index (κ2) is 4.87. The number of rotatable bonds is 1. The Kier molecular flexibility index (Phi) is 3.18. The van der Waals surface area contributed by atoms with Crippen molar-refractivity contribution in [2.24, 2.45) is 0 Å². The number of carbonyl (C=O) groups excluding carboxylic acids is 1. The maximum atomic E-state index is 14.0. The lowest BCUT2D eigenvalue weighted by atomic mass is 9.96. The van der Waals surface area contributed by atoms with Gasteiger partial charge in [-0.15, -0.1) is 0 Å². The highest BCUT2D eigenvalue weighted by Gasteiger charge is 2.30. The second-order valence-corrected chi connectivity index (χ2v) is 4.92. The van der Waals surface area contributed by atoms with Crippen molar-refractivity contribution < 1.29 is 18.3 Å². The molecule has 1 heterocycles. The van der Waals surface area contributed by atoms with Gasteiger partial charge in [0.05, 0.1) is 17.0 Å². The van der Waals surface area contributed by atoms with Crippen LogP contribution < -0.4 is 4.74 Å². The zero-order chi connectivity index (χ0) is 14.3. The standard InChI is InChI=1S/C15H9ClF2O2/c16-11-3-1-2-10(15(11)18)14-7-12(19)9-5-4-8(17)6-13(9)20-14/h1-6,14H,7H2. The van der Waals surface area contributed by atoms with Crippen molar-refractivity contribution in [3.63, 3.8) is 0 Å². The third kappa shape index (κ3) is 2.16. The molecule has 2 aromatic rings. The van der Waals surface area contributed by atoms with Crippen LogP contribution in [0.3, 0.4) is 0 Å². The molecule has 0 amide bonds. The molecule has 0 bridgehead atoms. The van der Waals surface area contributed by atoms with E-state index in [0.29, 0.717) is 5.56 Å². The van der Waals surface area contributed by atoms with Crippen LogP contribution >= 0.6 is 11.6 Å². The lowest BCUT2D eigenvalue weighted by Crippen LogP contribution is -2.21. The van der Waals surface area contributed by atoms with E-state index >= 15 is 0 Å². The van der Waals surface area contributed by atoms with Crippen molar-refractivity contribution in [2.75, 3.05) is 0 Å². The monoisotopic (exact) mass is 294 g/mol. The number of hydrogen-bond donors (Lipinski definition) is 0. The maximum Gasteiger partial charge on any atom is 0.170 e. The lowest BCUT2D eigenvalue weighted by Gasteiger charge is -2.25. The van der Waals surface area contributed by atoms with E-state index in [0.717, 1.165) is 6.07 Å². The molecule has 0 N–H and O–H groups in total. The fraction of sp³-hybridized carbons (Fsp3) is 0.133. The topological polar surface area (TPSA) is 26.3 Å². The number of Topliss-reactive ketones (excluding diaryl/α,β-unsaturated/α-hetero) is 1. The molecule has 0 saturated heterocycles. The summed E-state index contributed by atoms with van der Waals surface area (Å²) in [6.07, 6.45) is -0.800. The largest absolute Gasteiger partial charge is 0.484 e. The molecule has 102 valence electrons. The van der Waals surface area contributed by atoms with Gasteiger partial charge >= 0.3 is 0 Å². The molecule has 0 radical (unpaired) electrons. The van der Waals surface area contributed by atoms with Crippen LogP contribution in [0, 0.1) is 11.6 Å². The van der Waals surface area contributed by atoms with Crippen molar-refractivity contribution in [3.05, 3.63) is 64.2 Å². The van der Waals surface area contributed by atoms with E-state index in [2.05, 4.69) is 0 Å². The number of ketones is 1. The number of fused-ring (bicyclic) bond motifs is 1. The Bertz CT molecular complexity index is 700. The van der Waals surface area contributed by atoms with E-state index in [9.17, 15) is 13.6 Å². The molecule has 2 nitrogen and oxygen atoms in total. The summed E-state index contributed by atoms with van der Waals surface area (Å²) in [5, 5.41) is -0.0383. The molecule has 3 rings (SSSR count). The Balaban J connectivity index is 2.03. The molecular formula is C15H9ClF2O2. The molecule has 20 heavy (non-hydrogen) atoms. The number of carbonyl (C=O) groups is 1.